The summed E-state index contributed by atoms with van der Waals surface area (Å²) in [5.41, 5.74) is 0.614. The Bertz CT molecular complexity index is 342. The molecular formula is C13H18F2O2. The average Bonchev–Trinajstić information content (AvgIpc) is 2.28. The van der Waals surface area contributed by atoms with E-state index >= 15 is 0 Å². The fourth-order valence-electron chi connectivity index (χ4n) is 1.58. The van der Waals surface area contributed by atoms with E-state index in [0.29, 0.717) is 17.9 Å². The van der Waals surface area contributed by atoms with Crippen LogP contribution in [0.4, 0.5) is 8.78 Å². The van der Waals surface area contributed by atoms with Gasteiger partial charge in [0.25, 0.3) is 0 Å². The highest BCUT2D eigenvalue weighted by atomic mass is 19.3. The lowest BCUT2D eigenvalue weighted by atomic mass is 9.96. The lowest BCUT2D eigenvalue weighted by Gasteiger charge is -2.16. The summed E-state index contributed by atoms with van der Waals surface area (Å²) in [6.45, 7) is 1.26. The summed E-state index contributed by atoms with van der Waals surface area (Å²) in [5.74, 6) is 0.477. The highest BCUT2D eigenvalue weighted by Gasteiger charge is 2.13. The summed E-state index contributed by atoms with van der Waals surface area (Å²) < 4.78 is 28.4. The Kier molecular flexibility index (Phi) is 5.35. The Morgan fingerprint density at radius 2 is 2.06 bits per heavy atom. The molecular weight excluding hydrogens is 226 g/mol. The van der Waals surface area contributed by atoms with Crippen molar-refractivity contribution < 1.29 is 18.6 Å². The largest absolute Gasteiger partial charge is 0.435 e. The van der Waals surface area contributed by atoms with E-state index in [-0.39, 0.29) is 5.75 Å². The Hall–Kier alpha value is -1.16. The van der Waals surface area contributed by atoms with Crippen LogP contribution in [0.1, 0.15) is 38.4 Å². The molecule has 1 rings (SSSR count). The monoisotopic (exact) mass is 244 g/mol. The molecule has 0 aromatic heterocycles. The van der Waals surface area contributed by atoms with Gasteiger partial charge in [0.05, 0.1) is 6.10 Å². The second-order valence-electron chi connectivity index (χ2n) is 4.22. The van der Waals surface area contributed by atoms with Gasteiger partial charge < -0.3 is 9.84 Å². The van der Waals surface area contributed by atoms with E-state index in [1.807, 2.05) is 13.8 Å². The minimum absolute atomic E-state index is 0.0840. The van der Waals surface area contributed by atoms with Gasteiger partial charge in [0.15, 0.2) is 0 Å². The zero-order valence-corrected chi connectivity index (χ0v) is 10.1. The number of benzene rings is 1. The lowest BCUT2D eigenvalue weighted by Crippen LogP contribution is -2.05. The van der Waals surface area contributed by atoms with Crippen LogP contribution in [0.25, 0.3) is 0 Å². The summed E-state index contributed by atoms with van der Waals surface area (Å²) in [6.07, 6.45) is 0.963. The average molecular weight is 244 g/mol. The maximum Gasteiger partial charge on any atom is 0.387 e. The van der Waals surface area contributed by atoms with Gasteiger partial charge in [-0.3, -0.25) is 0 Å². The second-order valence-corrected chi connectivity index (χ2v) is 4.22. The quantitative estimate of drug-likeness (QED) is 0.825. The van der Waals surface area contributed by atoms with Gasteiger partial charge in [0, 0.05) is 0 Å². The van der Waals surface area contributed by atoms with Crippen LogP contribution in [0.2, 0.25) is 0 Å². The van der Waals surface area contributed by atoms with E-state index in [0.717, 1.165) is 6.42 Å². The fourth-order valence-corrected chi connectivity index (χ4v) is 1.58. The summed E-state index contributed by atoms with van der Waals surface area (Å²) >= 11 is 0. The predicted molar refractivity (Wildman–Crippen MR) is 62.1 cm³/mol. The van der Waals surface area contributed by atoms with Gasteiger partial charge in [0.1, 0.15) is 5.75 Å². The first-order valence-electron chi connectivity index (χ1n) is 5.75. The minimum Gasteiger partial charge on any atom is -0.435 e. The van der Waals surface area contributed by atoms with Crippen molar-refractivity contribution in [3.8, 4) is 5.75 Å². The van der Waals surface area contributed by atoms with Crippen LogP contribution in [0, 0.1) is 5.92 Å². The zero-order chi connectivity index (χ0) is 12.8. The van der Waals surface area contributed by atoms with Crippen LogP contribution in [0.15, 0.2) is 24.3 Å². The normalized spacial score (nSPS) is 14.7. The molecule has 0 aliphatic rings. The molecule has 0 saturated carbocycles. The number of rotatable bonds is 6. The van der Waals surface area contributed by atoms with Gasteiger partial charge in [-0.1, -0.05) is 32.4 Å². The number of alkyl halides is 2. The second kappa shape index (κ2) is 6.55. The Morgan fingerprint density at radius 3 is 2.65 bits per heavy atom. The standard InChI is InChI=1S/C13H18F2O2/c1-3-9(2)7-12(16)10-5-4-6-11(8-10)17-13(14)15/h4-6,8-9,12-13,16H,3,7H2,1-2H3. The summed E-state index contributed by atoms with van der Waals surface area (Å²) in [6, 6.07) is 6.23. The maximum atomic E-state index is 12.0. The fraction of sp³-hybridized carbons (Fsp3) is 0.538. The number of hydrogen-bond donors (Lipinski definition) is 1. The SMILES string of the molecule is CCC(C)CC(O)c1cccc(OC(F)F)c1. The molecule has 17 heavy (non-hydrogen) atoms. The van der Waals surface area contributed by atoms with Crippen LogP contribution < -0.4 is 4.74 Å². The molecule has 1 aromatic carbocycles. The molecule has 4 heteroatoms. The summed E-state index contributed by atoms with van der Waals surface area (Å²) in [4.78, 5) is 0. The number of aliphatic hydroxyl groups excluding tert-OH is 1. The molecule has 0 heterocycles. The van der Waals surface area contributed by atoms with E-state index in [1.165, 1.54) is 12.1 Å². The van der Waals surface area contributed by atoms with Crippen LogP contribution >= 0.6 is 0 Å². The molecule has 2 atom stereocenters. The lowest BCUT2D eigenvalue weighted by molar-refractivity contribution is -0.0500. The number of aliphatic hydroxyl groups is 1. The third-order valence-corrected chi connectivity index (χ3v) is 2.79. The molecule has 96 valence electrons. The topological polar surface area (TPSA) is 29.5 Å². The molecule has 2 nitrogen and oxygen atoms in total. The smallest absolute Gasteiger partial charge is 0.387 e. The molecule has 0 saturated heterocycles. The van der Waals surface area contributed by atoms with Crippen molar-refractivity contribution in [3.05, 3.63) is 29.8 Å². The van der Waals surface area contributed by atoms with E-state index < -0.39 is 12.7 Å². The van der Waals surface area contributed by atoms with Crippen molar-refractivity contribution >= 4 is 0 Å². The zero-order valence-electron chi connectivity index (χ0n) is 10.1. The molecule has 0 bridgehead atoms. The van der Waals surface area contributed by atoms with E-state index in [2.05, 4.69) is 4.74 Å². The third-order valence-electron chi connectivity index (χ3n) is 2.79. The van der Waals surface area contributed by atoms with Gasteiger partial charge in [-0.15, -0.1) is 0 Å². The van der Waals surface area contributed by atoms with Crippen molar-refractivity contribution in [2.45, 2.75) is 39.4 Å². The number of hydrogen-bond acceptors (Lipinski definition) is 2. The molecule has 2 unspecified atom stereocenters. The predicted octanol–water partition coefficient (Wildman–Crippen LogP) is 3.76. The van der Waals surface area contributed by atoms with Gasteiger partial charge in [-0.2, -0.15) is 8.78 Å². The third kappa shape index (κ3) is 4.69. The first kappa shape index (κ1) is 13.9. The number of ether oxygens (including phenoxy) is 1. The Labute approximate surface area is 100 Å². The molecule has 1 N–H and O–H groups in total. The van der Waals surface area contributed by atoms with Crippen molar-refractivity contribution in [3.63, 3.8) is 0 Å². The van der Waals surface area contributed by atoms with Crippen molar-refractivity contribution in [2.24, 2.45) is 5.92 Å². The maximum absolute atomic E-state index is 12.0. The molecule has 0 amide bonds. The van der Waals surface area contributed by atoms with Gasteiger partial charge in [-0.05, 0) is 30.0 Å². The first-order chi connectivity index (χ1) is 8.02. The van der Waals surface area contributed by atoms with Crippen molar-refractivity contribution in [2.75, 3.05) is 0 Å². The highest BCUT2D eigenvalue weighted by Crippen LogP contribution is 2.26. The van der Waals surface area contributed by atoms with E-state index in [1.54, 1.807) is 12.1 Å². The molecule has 0 aliphatic heterocycles. The van der Waals surface area contributed by atoms with Crippen molar-refractivity contribution in [1.82, 2.24) is 0 Å². The van der Waals surface area contributed by atoms with Crippen LogP contribution in [0.3, 0.4) is 0 Å². The first-order valence-corrected chi connectivity index (χ1v) is 5.75. The van der Waals surface area contributed by atoms with Gasteiger partial charge >= 0.3 is 6.61 Å². The molecule has 0 fully saturated rings. The molecule has 0 aliphatic carbocycles. The molecule has 0 radical (unpaired) electrons. The minimum atomic E-state index is -2.84. The summed E-state index contributed by atoms with van der Waals surface area (Å²) in [5, 5.41) is 9.94. The molecule has 1 aromatic rings. The number of halogens is 2. The molecule has 0 spiro atoms. The van der Waals surface area contributed by atoms with Crippen LogP contribution in [-0.2, 0) is 0 Å². The Morgan fingerprint density at radius 1 is 1.35 bits per heavy atom. The van der Waals surface area contributed by atoms with Gasteiger partial charge in [0.2, 0.25) is 0 Å². The highest BCUT2D eigenvalue weighted by molar-refractivity contribution is 5.29. The van der Waals surface area contributed by atoms with Crippen LogP contribution in [0.5, 0.6) is 5.75 Å². The van der Waals surface area contributed by atoms with Gasteiger partial charge in [-0.25, -0.2) is 0 Å². The van der Waals surface area contributed by atoms with Crippen LogP contribution in [-0.4, -0.2) is 11.7 Å². The Balaban J connectivity index is 2.70. The van der Waals surface area contributed by atoms with Crippen molar-refractivity contribution in [1.29, 1.82) is 0 Å². The summed E-state index contributed by atoms with van der Waals surface area (Å²) in [7, 11) is 0. The van der Waals surface area contributed by atoms with E-state index in [9.17, 15) is 13.9 Å². The van der Waals surface area contributed by atoms with E-state index in [4.69, 9.17) is 0 Å².